The first-order valence-corrected chi connectivity index (χ1v) is 6.24. The quantitative estimate of drug-likeness (QED) is 0.799. The zero-order chi connectivity index (χ0) is 11.8. The number of hydrogen-bond donors (Lipinski definition) is 2. The number of aliphatic hydroxyl groups is 1. The Morgan fingerprint density at radius 2 is 2.25 bits per heavy atom. The number of halogens is 1. The third-order valence-electron chi connectivity index (χ3n) is 2.32. The summed E-state index contributed by atoms with van der Waals surface area (Å²) >= 11 is 3.34. The van der Waals surface area contributed by atoms with Crippen LogP contribution in [0.15, 0.2) is 22.8 Å². The van der Waals surface area contributed by atoms with Crippen LogP contribution in [-0.4, -0.2) is 47.8 Å². The highest BCUT2D eigenvalue weighted by atomic mass is 79.9. The molecular formula is C11H18BrN3O. The average molecular weight is 288 g/mol. The first-order valence-electron chi connectivity index (χ1n) is 5.45. The second-order valence-corrected chi connectivity index (χ2v) is 4.36. The highest BCUT2D eigenvalue weighted by Gasteiger charge is 2.00. The van der Waals surface area contributed by atoms with Gasteiger partial charge < -0.3 is 10.4 Å². The Morgan fingerprint density at radius 1 is 1.44 bits per heavy atom. The van der Waals surface area contributed by atoms with E-state index >= 15 is 0 Å². The van der Waals surface area contributed by atoms with Crippen molar-refractivity contribution in [2.45, 2.75) is 6.92 Å². The molecule has 0 bridgehead atoms. The zero-order valence-electron chi connectivity index (χ0n) is 9.49. The van der Waals surface area contributed by atoms with Crippen LogP contribution in [0.2, 0.25) is 0 Å². The van der Waals surface area contributed by atoms with Crippen molar-refractivity contribution in [2.24, 2.45) is 0 Å². The Kier molecular flexibility index (Phi) is 6.37. The Labute approximate surface area is 105 Å². The van der Waals surface area contributed by atoms with Gasteiger partial charge in [0, 0.05) is 30.3 Å². The third-order valence-corrected chi connectivity index (χ3v) is 2.79. The van der Waals surface area contributed by atoms with Gasteiger partial charge in [0.05, 0.1) is 6.61 Å². The number of nitrogens with one attached hydrogen (secondary N) is 1. The maximum atomic E-state index is 8.84. The molecule has 0 spiro atoms. The smallest absolute Gasteiger partial charge is 0.126 e. The minimum Gasteiger partial charge on any atom is -0.395 e. The lowest BCUT2D eigenvalue weighted by molar-refractivity contribution is 0.206. The van der Waals surface area contributed by atoms with E-state index < -0.39 is 0 Å². The van der Waals surface area contributed by atoms with E-state index in [1.807, 2.05) is 12.1 Å². The van der Waals surface area contributed by atoms with Crippen molar-refractivity contribution in [3.05, 3.63) is 22.8 Å². The Bertz CT molecular complexity index is 292. The number of aliphatic hydroxyl groups excluding tert-OH is 1. The molecule has 0 aliphatic carbocycles. The van der Waals surface area contributed by atoms with E-state index in [9.17, 15) is 0 Å². The molecule has 0 fully saturated rings. The van der Waals surface area contributed by atoms with Crippen molar-refractivity contribution in [3.63, 3.8) is 0 Å². The lowest BCUT2D eigenvalue weighted by Gasteiger charge is -2.19. The molecule has 2 N–H and O–H groups in total. The Morgan fingerprint density at radius 3 is 2.81 bits per heavy atom. The molecule has 0 radical (unpaired) electrons. The number of rotatable bonds is 7. The van der Waals surface area contributed by atoms with Crippen molar-refractivity contribution in [3.8, 4) is 0 Å². The van der Waals surface area contributed by atoms with Crippen molar-refractivity contribution in [1.29, 1.82) is 0 Å². The number of aromatic nitrogens is 1. The van der Waals surface area contributed by atoms with Gasteiger partial charge in [-0.05, 0) is 34.6 Å². The second kappa shape index (κ2) is 7.60. The summed E-state index contributed by atoms with van der Waals surface area (Å²) in [5.41, 5.74) is 0. The molecule has 4 nitrogen and oxygen atoms in total. The van der Waals surface area contributed by atoms with E-state index in [-0.39, 0.29) is 6.61 Å². The first-order chi connectivity index (χ1) is 7.76. The lowest BCUT2D eigenvalue weighted by atomic mass is 10.4. The van der Waals surface area contributed by atoms with Gasteiger partial charge >= 0.3 is 0 Å². The van der Waals surface area contributed by atoms with Gasteiger partial charge in [-0.15, -0.1) is 0 Å². The largest absolute Gasteiger partial charge is 0.395 e. The molecule has 1 aromatic rings. The zero-order valence-corrected chi connectivity index (χ0v) is 11.1. The summed E-state index contributed by atoms with van der Waals surface area (Å²) in [5, 5.41) is 12.1. The van der Waals surface area contributed by atoms with Crippen LogP contribution < -0.4 is 5.32 Å². The van der Waals surface area contributed by atoms with Gasteiger partial charge in [0.2, 0.25) is 0 Å². The van der Waals surface area contributed by atoms with Gasteiger partial charge in [-0.2, -0.15) is 0 Å². The van der Waals surface area contributed by atoms with E-state index in [0.29, 0.717) is 0 Å². The molecular weight excluding hydrogens is 270 g/mol. The summed E-state index contributed by atoms with van der Waals surface area (Å²) < 4.78 is 0.980. The normalized spacial score (nSPS) is 10.8. The van der Waals surface area contributed by atoms with Crippen LogP contribution in [0.5, 0.6) is 0 Å². The van der Waals surface area contributed by atoms with Gasteiger partial charge in [-0.1, -0.05) is 6.92 Å². The van der Waals surface area contributed by atoms with Crippen LogP contribution in [0.3, 0.4) is 0 Å². The van der Waals surface area contributed by atoms with Gasteiger partial charge in [-0.25, -0.2) is 4.98 Å². The summed E-state index contributed by atoms with van der Waals surface area (Å²) in [6.07, 6.45) is 1.77. The minimum absolute atomic E-state index is 0.213. The van der Waals surface area contributed by atoms with E-state index in [1.165, 1.54) is 0 Å². The standard InChI is InChI=1S/C11H18BrN3O/c1-2-15(7-8-16)6-5-13-11-4-3-10(12)9-14-11/h3-4,9,16H,2,5-8H2,1H3,(H,13,14). The molecule has 5 heteroatoms. The predicted molar refractivity (Wildman–Crippen MR) is 69.6 cm³/mol. The van der Waals surface area contributed by atoms with Crippen molar-refractivity contribution < 1.29 is 5.11 Å². The monoisotopic (exact) mass is 287 g/mol. The summed E-state index contributed by atoms with van der Waals surface area (Å²) in [5.74, 6) is 0.878. The Balaban J connectivity index is 2.26. The molecule has 0 unspecified atom stereocenters. The third kappa shape index (κ3) is 4.92. The molecule has 90 valence electrons. The number of pyridine rings is 1. The van der Waals surface area contributed by atoms with Gasteiger partial charge in [0.1, 0.15) is 5.82 Å². The number of likely N-dealkylation sites (N-methyl/N-ethyl adjacent to an activating group) is 1. The van der Waals surface area contributed by atoms with Crippen molar-refractivity contribution in [1.82, 2.24) is 9.88 Å². The highest BCUT2D eigenvalue weighted by molar-refractivity contribution is 9.10. The molecule has 0 atom stereocenters. The fourth-order valence-corrected chi connectivity index (χ4v) is 1.63. The molecule has 0 saturated carbocycles. The maximum absolute atomic E-state index is 8.84. The van der Waals surface area contributed by atoms with Crippen LogP contribution in [0.4, 0.5) is 5.82 Å². The fourth-order valence-electron chi connectivity index (χ4n) is 1.39. The van der Waals surface area contributed by atoms with Crippen LogP contribution in [0.25, 0.3) is 0 Å². The fraction of sp³-hybridized carbons (Fsp3) is 0.545. The summed E-state index contributed by atoms with van der Waals surface area (Å²) in [6.45, 7) is 5.73. The SMILES string of the molecule is CCN(CCO)CCNc1ccc(Br)cn1. The van der Waals surface area contributed by atoms with Crippen LogP contribution in [-0.2, 0) is 0 Å². The van der Waals surface area contributed by atoms with Crippen LogP contribution in [0.1, 0.15) is 6.92 Å². The van der Waals surface area contributed by atoms with Gasteiger partial charge in [-0.3, -0.25) is 4.90 Å². The van der Waals surface area contributed by atoms with Crippen LogP contribution in [0, 0.1) is 0 Å². The van der Waals surface area contributed by atoms with Crippen molar-refractivity contribution >= 4 is 21.7 Å². The lowest BCUT2D eigenvalue weighted by Crippen LogP contribution is -2.31. The molecule has 16 heavy (non-hydrogen) atoms. The number of hydrogen-bond acceptors (Lipinski definition) is 4. The molecule has 0 aliphatic heterocycles. The molecule has 0 aliphatic rings. The van der Waals surface area contributed by atoms with Crippen molar-refractivity contribution in [2.75, 3.05) is 38.1 Å². The van der Waals surface area contributed by atoms with E-state index in [1.54, 1.807) is 6.20 Å². The van der Waals surface area contributed by atoms with Gasteiger partial charge in [0.25, 0.3) is 0 Å². The second-order valence-electron chi connectivity index (χ2n) is 3.45. The van der Waals surface area contributed by atoms with E-state index in [4.69, 9.17) is 5.11 Å². The molecule has 0 saturated heterocycles. The molecule has 0 aromatic carbocycles. The molecule has 1 heterocycles. The van der Waals surface area contributed by atoms with E-state index in [0.717, 1.165) is 36.5 Å². The average Bonchev–Trinajstić information content (AvgIpc) is 2.30. The number of nitrogens with zero attached hydrogens (tertiary/aromatic N) is 2. The summed E-state index contributed by atoms with van der Waals surface area (Å²) in [7, 11) is 0. The minimum atomic E-state index is 0.213. The Hall–Kier alpha value is -0.650. The molecule has 1 rings (SSSR count). The summed E-state index contributed by atoms with van der Waals surface area (Å²) in [6, 6.07) is 3.90. The number of anilines is 1. The predicted octanol–water partition coefficient (Wildman–Crippen LogP) is 1.57. The molecule has 1 aromatic heterocycles. The molecule has 0 amide bonds. The summed E-state index contributed by atoms with van der Waals surface area (Å²) in [4.78, 5) is 6.41. The van der Waals surface area contributed by atoms with Crippen LogP contribution >= 0.6 is 15.9 Å². The maximum Gasteiger partial charge on any atom is 0.126 e. The highest BCUT2D eigenvalue weighted by Crippen LogP contribution is 2.09. The van der Waals surface area contributed by atoms with Gasteiger partial charge in [0.15, 0.2) is 0 Å². The van der Waals surface area contributed by atoms with E-state index in [2.05, 4.69) is 38.1 Å². The topological polar surface area (TPSA) is 48.4 Å². The first kappa shape index (κ1) is 13.4.